The molecule has 57 heavy (non-hydrogen) atoms. The monoisotopic (exact) mass is 870 g/mol. The number of methoxy groups -OCH3 is 1. The van der Waals surface area contributed by atoms with Crippen molar-refractivity contribution in [3.63, 3.8) is 0 Å². The highest BCUT2D eigenvalue weighted by Gasteiger charge is 2.40. The minimum atomic E-state index is -2.77. The molecular formula is C40H44BrN10O4PS. The second-order valence-corrected chi connectivity index (χ2v) is 19.5. The highest BCUT2D eigenvalue weighted by atomic mass is 79.9. The third kappa shape index (κ3) is 7.98. The van der Waals surface area contributed by atoms with Gasteiger partial charge in [-0.3, -0.25) is 34.7 Å². The zero-order valence-electron chi connectivity index (χ0n) is 32.1. The summed E-state index contributed by atoms with van der Waals surface area (Å²) in [5.74, 6) is 1.07. The number of rotatable bonds is 10. The molecule has 5 heterocycles. The van der Waals surface area contributed by atoms with Crippen LogP contribution in [0.2, 0.25) is 0 Å². The number of halogens is 1. The third-order valence-electron chi connectivity index (χ3n) is 10.9. The summed E-state index contributed by atoms with van der Waals surface area (Å²) in [6.07, 6.45) is 5.75. The van der Waals surface area contributed by atoms with Crippen LogP contribution in [0, 0.1) is 6.92 Å². The maximum atomic E-state index is 13.5. The Hall–Kier alpha value is -4.60. The van der Waals surface area contributed by atoms with Gasteiger partial charge in [-0.2, -0.15) is 17.6 Å². The summed E-state index contributed by atoms with van der Waals surface area (Å²) >= 11 is 8.49. The van der Waals surface area contributed by atoms with Crippen LogP contribution in [0.25, 0.3) is 11.0 Å². The molecule has 296 valence electrons. The molecule has 0 aliphatic carbocycles. The Labute approximate surface area is 345 Å². The lowest BCUT2D eigenvalue weighted by molar-refractivity contribution is -0.137. The summed E-state index contributed by atoms with van der Waals surface area (Å²) in [7, 11) is -1.12. The van der Waals surface area contributed by atoms with Crippen LogP contribution >= 0.6 is 35.7 Å². The van der Waals surface area contributed by atoms with E-state index in [0.717, 1.165) is 55.2 Å². The van der Waals surface area contributed by atoms with Crippen molar-refractivity contribution in [1.82, 2.24) is 35.1 Å². The molecule has 0 radical (unpaired) electrons. The van der Waals surface area contributed by atoms with Crippen molar-refractivity contribution in [2.45, 2.75) is 44.3 Å². The normalized spacial score (nSPS) is 19.1. The van der Waals surface area contributed by atoms with Crippen LogP contribution in [0.5, 0.6) is 5.75 Å². The van der Waals surface area contributed by atoms with Crippen molar-refractivity contribution >= 4 is 92.7 Å². The molecule has 0 saturated carbocycles. The van der Waals surface area contributed by atoms with Gasteiger partial charge in [0.2, 0.25) is 17.8 Å². The van der Waals surface area contributed by atoms with Gasteiger partial charge >= 0.3 is 0 Å². The zero-order valence-corrected chi connectivity index (χ0v) is 35.5. The number of imide groups is 1. The average molecular weight is 872 g/mol. The lowest BCUT2D eigenvalue weighted by Crippen LogP contribution is -2.51. The van der Waals surface area contributed by atoms with E-state index in [0.29, 0.717) is 63.4 Å². The molecule has 3 N–H and O–H groups in total. The smallest absolute Gasteiger partial charge is 0.243 e. The van der Waals surface area contributed by atoms with Gasteiger partial charge in [-0.05, 0) is 83.1 Å². The van der Waals surface area contributed by atoms with Crippen LogP contribution in [0.1, 0.15) is 40.5 Å². The van der Waals surface area contributed by atoms with Crippen molar-refractivity contribution in [3.8, 4) is 5.75 Å². The van der Waals surface area contributed by atoms with Gasteiger partial charge in [0.1, 0.15) is 24.2 Å². The summed E-state index contributed by atoms with van der Waals surface area (Å²) in [6.45, 7) is 10.4. The number of carbonyl (C=O) groups excluding carboxylic acids is 2. The van der Waals surface area contributed by atoms with Crippen molar-refractivity contribution in [2.24, 2.45) is 0 Å². The van der Waals surface area contributed by atoms with Gasteiger partial charge in [0.25, 0.3) is 0 Å². The number of fused-ring (bicyclic) bond motifs is 2. The van der Waals surface area contributed by atoms with Gasteiger partial charge in [0.15, 0.2) is 0 Å². The number of ether oxygens (including phenoxy) is 1. The Morgan fingerprint density at radius 2 is 1.81 bits per heavy atom. The lowest BCUT2D eigenvalue weighted by Gasteiger charge is -2.37. The number of piperazine rings is 1. The number of hydrogen-bond donors (Lipinski definition) is 4. The predicted octanol–water partition coefficient (Wildman–Crippen LogP) is 6.11. The molecule has 3 aliphatic heterocycles. The summed E-state index contributed by atoms with van der Waals surface area (Å²) < 4.78 is 20.0. The summed E-state index contributed by atoms with van der Waals surface area (Å²) in [6, 6.07) is 13.8. The number of anilines is 5. The number of carbonyl (C=O) groups is 2. The van der Waals surface area contributed by atoms with Crippen molar-refractivity contribution in [1.29, 1.82) is 0 Å². The molecule has 3 aliphatic rings. The Morgan fingerprint density at radius 1 is 1.02 bits per heavy atom. The fraction of sp³-hybridized carbons (Fsp3) is 0.350. The number of amides is 2. The number of hydrogen-bond acceptors (Lipinski definition) is 14. The van der Waals surface area contributed by atoms with Crippen LogP contribution in [0.4, 0.5) is 28.8 Å². The van der Waals surface area contributed by atoms with Crippen molar-refractivity contribution in [3.05, 3.63) is 87.8 Å². The molecule has 2 unspecified atom stereocenters. The van der Waals surface area contributed by atoms with Gasteiger partial charge in [-0.1, -0.05) is 18.2 Å². The number of piperidine rings is 1. The summed E-state index contributed by atoms with van der Waals surface area (Å²) in [5, 5.41) is 9.62. The van der Waals surface area contributed by atoms with Crippen molar-refractivity contribution < 1.29 is 18.9 Å². The Bertz CT molecular complexity index is 2440. The van der Waals surface area contributed by atoms with Crippen molar-refractivity contribution in [2.75, 3.05) is 62.2 Å². The molecule has 5 aromatic rings. The minimum Gasteiger partial charge on any atom is -0.494 e. The van der Waals surface area contributed by atoms with Gasteiger partial charge < -0.3 is 24.8 Å². The third-order valence-corrected chi connectivity index (χ3v) is 13.6. The van der Waals surface area contributed by atoms with E-state index in [4.69, 9.17) is 22.3 Å². The second-order valence-electron chi connectivity index (χ2n) is 15.0. The Balaban J connectivity index is 0.944. The Kier molecular flexibility index (Phi) is 11.0. The molecule has 2 saturated heterocycles. The fourth-order valence-corrected chi connectivity index (χ4v) is 10.2. The molecule has 2 aromatic heterocycles. The molecule has 8 rings (SSSR count). The first-order chi connectivity index (χ1) is 27.4. The zero-order chi connectivity index (χ0) is 40.0. The number of aromatic nitrogens is 4. The maximum Gasteiger partial charge on any atom is 0.243 e. The van der Waals surface area contributed by atoms with Gasteiger partial charge in [0.05, 0.1) is 45.2 Å². The minimum absolute atomic E-state index is 0.192. The molecular weight excluding hydrogens is 827 g/mol. The number of nitrogens with zero attached hydrogens (tertiary/aromatic N) is 7. The predicted molar refractivity (Wildman–Crippen MR) is 230 cm³/mol. The molecule has 14 nitrogen and oxygen atoms in total. The second kappa shape index (κ2) is 16.0. The summed E-state index contributed by atoms with van der Waals surface area (Å²) in [5.41, 5.74) is 8.42. The highest BCUT2D eigenvalue weighted by Crippen LogP contribution is 2.43. The number of nitrogens with one attached hydrogen (secondary N) is 3. The molecule has 0 spiro atoms. The van der Waals surface area contributed by atoms with E-state index in [-0.39, 0.29) is 23.2 Å². The van der Waals surface area contributed by atoms with Crippen LogP contribution in [-0.2, 0) is 27.2 Å². The number of aryl methyl sites for hydroxylation is 1. The van der Waals surface area contributed by atoms with Gasteiger partial charge in [0, 0.05) is 76.0 Å². The van der Waals surface area contributed by atoms with Gasteiger partial charge in [-0.15, -0.1) is 0 Å². The largest absolute Gasteiger partial charge is 0.494 e. The fourth-order valence-electron chi connectivity index (χ4n) is 8.07. The van der Waals surface area contributed by atoms with Crippen LogP contribution < -0.4 is 30.9 Å². The van der Waals surface area contributed by atoms with Gasteiger partial charge in [-0.25, -0.2) is 4.98 Å². The first-order valence-electron chi connectivity index (χ1n) is 18.8. The Morgan fingerprint density at radius 3 is 2.56 bits per heavy atom. The van der Waals surface area contributed by atoms with Crippen LogP contribution in [0.15, 0.2) is 65.5 Å². The van der Waals surface area contributed by atoms with E-state index in [9.17, 15) is 14.2 Å². The quantitative estimate of drug-likeness (QED) is 0.0726. The highest BCUT2D eigenvalue weighted by molar-refractivity contribution is 9.10. The van der Waals surface area contributed by atoms with E-state index in [1.807, 2.05) is 12.1 Å². The number of benzene rings is 3. The van der Waals surface area contributed by atoms with E-state index in [2.05, 4.69) is 98.8 Å². The molecule has 2 fully saturated rings. The van der Waals surface area contributed by atoms with Crippen LogP contribution in [-0.4, -0.2) is 94.2 Å². The standard InChI is InChI=1S/C40H44BrN10O4PS/c1-23-18-30(46-40-44-20-27(41)37(48-40)45-29-9-8-28-35(43-13-12-42-28)36(29)56(3,4)54)33(55-2)19-32(23)50-16-14-49(15-17-50)21-24-6-5-7-25-26(24)22-51(39(25)57)31-10-11-34(52)47-38(31)53/h5-9,12-13,18-20,31,39,57H,10-11,14-17,21-22H2,1-4H3,(H,47,52,53)(H2,44,45,46,48). The molecule has 2 atom stereocenters. The van der Waals surface area contributed by atoms with E-state index in [1.165, 1.54) is 11.1 Å². The molecule has 2 amide bonds. The lowest BCUT2D eigenvalue weighted by atomic mass is 10.0. The first kappa shape index (κ1) is 39.2. The van der Waals surface area contributed by atoms with E-state index in [1.54, 1.807) is 39.0 Å². The topological polar surface area (TPSA) is 158 Å². The van der Waals surface area contributed by atoms with E-state index >= 15 is 0 Å². The molecule has 17 heteroatoms. The van der Waals surface area contributed by atoms with E-state index < -0.39 is 7.14 Å². The summed E-state index contributed by atoms with van der Waals surface area (Å²) in [4.78, 5) is 49.6. The average Bonchev–Trinajstić information content (AvgIpc) is 3.52. The number of thiol groups is 1. The molecule has 3 aromatic carbocycles. The first-order valence-corrected chi connectivity index (χ1v) is 22.7. The SMILES string of the molecule is COc1cc(N2CCN(Cc3cccc4c3CN(C3CCC(=O)NC3=O)C4S)CC2)c(C)cc1Nc1ncc(Br)c(Nc2ccc3nccnc3c2P(C)(C)=O)n1. The molecule has 0 bridgehead atoms. The van der Waals surface area contributed by atoms with Crippen LogP contribution in [0.3, 0.4) is 0 Å². The maximum absolute atomic E-state index is 13.5.